The van der Waals surface area contributed by atoms with E-state index in [-0.39, 0.29) is 17.9 Å². The van der Waals surface area contributed by atoms with Crippen LogP contribution in [0.15, 0.2) is 16.5 Å². The summed E-state index contributed by atoms with van der Waals surface area (Å²) >= 11 is 0. The summed E-state index contributed by atoms with van der Waals surface area (Å²) in [5, 5.41) is 0. The van der Waals surface area contributed by atoms with Crippen molar-refractivity contribution in [3.8, 4) is 0 Å². The van der Waals surface area contributed by atoms with Crippen LogP contribution in [0.1, 0.15) is 56.3 Å². The zero-order valence-electron chi connectivity index (χ0n) is 14.3. The Labute approximate surface area is 136 Å². The van der Waals surface area contributed by atoms with E-state index in [1.54, 1.807) is 17.0 Å². The van der Waals surface area contributed by atoms with E-state index in [4.69, 9.17) is 9.15 Å². The van der Waals surface area contributed by atoms with Crippen LogP contribution in [0, 0.1) is 0 Å². The first kappa shape index (κ1) is 17.4. The topological polar surface area (TPSA) is 69.0 Å². The predicted molar refractivity (Wildman–Crippen MR) is 84.3 cm³/mol. The number of methoxy groups -OCH3 is 1. The maximum absolute atomic E-state index is 12.4. The highest BCUT2D eigenvalue weighted by atomic mass is 16.6. The van der Waals surface area contributed by atoms with Gasteiger partial charge in [-0.2, -0.15) is 0 Å². The molecule has 0 radical (unpaired) electrons. The SMILES string of the molecule is COC(=O)c1ccc(CC2CCCCN2C(=O)OC(C)(C)C)o1. The highest BCUT2D eigenvalue weighted by Gasteiger charge is 2.31. The van der Waals surface area contributed by atoms with E-state index in [0.717, 1.165) is 19.3 Å². The van der Waals surface area contributed by atoms with Gasteiger partial charge in [0.05, 0.1) is 7.11 Å². The van der Waals surface area contributed by atoms with Crippen LogP contribution >= 0.6 is 0 Å². The van der Waals surface area contributed by atoms with Crippen molar-refractivity contribution in [1.82, 2.24) is 4.90 Å². The molecule has 2 rings (SSSR count). The smallest absolute Gasteiger partial charge is 0.410 e. The molecule has 1 aromatic rings. The number of hydrogen-bond donors (Lipinski definition) is 0. The minimum atomic E-state index is -0.512. The van der Waals surface area contributed by atoms with Crippen LogP contribution in [0.3, 0.4) is 0 Å². The molecule has 2 heterocycles. The number of nitrogens with zero attached hydrogens (tertiary/aromatic N) is 1. The zero-order chi connectivity index (χ0) is 17.0. The van der Waals surface area contributed by atoms with Gasteiger partial charge < -0.3 is 18.8 Å². The van der Waals surface area contributed by atoms with Crippen molar-refractivity contribution in [2.24, 2.45) is 0 Å². The molecule has 1 unspecified atom stereocenters. The first-order valence-corrected chi connectivity index (χ1v) is 7.97. The van der Waals surface area contributed by atoms with Crippen LogP contribution < -0.4 is 0 Å². The first-order chi connectivity index (χ1) is 10.8. The number of esters is 1. The van der Waals surface area contributed by atoms with Gasteiger partial charge in [-0.15, -0.1) is 0 Å². The van der Waals surface area contributed by atoms with E-state index in [2.05, 4.69) is 4.74 Å². The summed E-state index contributed by atoms with van der Waals surface area (Å²) in [7, 11) is 1.32. The fourth-order valence-corrected chi connectivity index (χ4v) is 2.70. The van der Waals surface area contributed by atoms with Crippen LogP contribution in [0.5, 0.6) is 0 Å². The number of carbonyl (C=O) groups is 2. The molecule has 1 aliphatic heterocycles. The predicted octanol–water partition coefficient (Wildman–Crippen LogP) is 3.40. The van der Waals surface area contributed by atoms with E-state index >= 15 is 0 Å². The number of rotatable bonds is 3. The normalized spacial score (nSPS) is 18.6. The molecule has 23 heavy (non-hydrogen) atoms. The van der Waals surface area contributed by atoms with Gasteiger partial charge in [0.2, 0.25) is 5.76 Å². The molecule has 1 aliphatic rings. The van der Waals surface area contributed by atoms with Crippen molar-refractivity contribution >= 4 is 12.1 Å². The van der Waals surface area contributed by atoms with E-state index in [1.165, 1.54) is 7.11 Å². The fourth-order valence-electron chi connectivity index (χ4n) is 2.70. The summed E-state index contributed by atoms with van der Waals surface area (Å²) < 4.78 is 15.6. The van der Waals surface area contributed by atoms with Crippen LogP contribution in [0.4, 0.5) is 4.79 Å². The van der Waals surface area contributed by atoms with Crippen molar-refractivity contribution in [3.63, 3.8) is 0 Å². The molecule has 1 fully saturated rings. The van der Waals surface area contributed by atoms with Crippen molar-refractivity contribution in [3.05, 3.63) is 23.7 Å². The Hall–Kier alpha value is -1.98. The number of carbonyl (C=O) groups excluding carboxylic acids is 2. The Balaban J connectivity index is 2.05. The largest absolute Gasteiger partial charge is 0.463 e. The van der Waals surface area contributed by atoms with E-state index in [9.17, 15) is 9.59 Å². The first-order valence-electron chi connectivity index (χ1n) is 7.97. The number of amides is 1. The maximum Gasteiger partial charge on any atom is 0.410 e. The summed E-state index contributed by atoms with van der Waals surface area (Å²) in [6.07, 6.45) is 3.21. The Kier molecular flexibility index (Phi) is 5.34. The van der Waals surface area contributed by atoms with Gasteiger partial charge in [0, 0.05) is 19.0 Å². The van der Waals surface area contributed by atoms with Crippen molar-refractivity contribution in [1.29, 1.82) is 0 Å². The molecule has 1 atom stereocenters. The average Bonchev–Trinajstić information content (AvgIpc) is 2.93. The van der Waals surface area contributed by atoms with Crippen molar-refractivity contribution in [2.45, 2.75) is 58.1 Å². The lowest BCUT2D eigenvalue weighted by Crippen LogP contribution is -2.47. The van der Waals surface area contributed by atoms with Crippen LogP contribution in [-0.2, 0) is 15.9 Å². The summed E-state index contributed by atoms with van der Waals surface area (Å²) in [6, 6.07) is 3.38. The van der Waals surface area contributed by atoms with Crippen LogP contribution in [-0.4, -0.2) is 42.3 Å². The highest BCUT2D eigenvalue weighted by molar-refractivity contribution is 5.86. The lowest BCUT2D eigenvalue weighted by molar-refractivity contribution is 0.00931. The maximum atomic E-state index is 12.4. The molecule has 0 aliphatic carbocycles. The summed E-state index contributed by atoms with van der Waals surface area (Å²) in [5.41, 5.74) is -0.512. The molecule has 6 heteroatoms. The minimum absolute atomic E-state index is 0.0234. The molecular formula is C17H25NO5. The van der Waals surface area contributed by atoms with Gasteiger partial charge in [-0.1, -0.05) is 0 Å². The standard InChI is InChI=1S/C17H25NO5/c1-17(2,3)23-16(20)18-10-6-5-7-12(18)11-13-8-9-14(22-13)15(19)21-4/h8-9,12H,5-7,10-11H2,1-4H3. The molecule has 0 N–H and O–H groups in total. The lowest BCUT2D eigenvalue weighted by Gasteiger charge is -2.36. The average molecular weight is 323 g/mol. The number of furan rings is 1. The monoisotopic (exact) mass is 323 g/mol. The van der Waals surface area contributed by atoms with Gasteiger partial charge >= 0.3 is 12.1 Å². The summed E-state index contributed by atoms with van der Waals surface area (Å²) in [6.45, 7) is 6.27. The van der Waals surface area contributed by atoms with Crippen LogP contribution in [0.25, 0.3) is 0 Å². The number of piperidine rings is 1. The minimum Gasteiger partial charge on any atom is -0.463 e. The molecular weight excluding hydrogens is 298 g/mol. The summed E-state index contributed by atoms with van der Waals surface area (Å²) in [5.74, 6) is 0.358. The third-order valence-corrected chi connectivity index (χ3v) is 3.74. The second-order valence-electron chi connectivity index (χ2n) is 6.79. The van der Waals surface area contributed by atoms with E-state index in [0.29, 0.717) is 18.7 Å². The Morgan fingerprint density at radius 3 is 2.70 bits per heavy atom. The van der Waals surface area contributed by atoms with E-state index in [1.807, 2.05) is 20.8 Å². The molecule has 1 amide bonds. The molecule has 0 saturated carbocycles. The highest BCUT2D eigenvalue weighted by Crippen LogP contribution is 2.24. The van der Waals surface area contributed by atoms with Crippen molar-refractivity contribution in [2.75, 3.05) is 13.7 Å². The number of likely N-dealkylation sites (tertiary alicyclic amines) is 1. The van der Waals surface area contributed by atoms with Crippen LogP contribution in [0.2, 0.25) is 0 Å². The van der Waals surface area contributed by atoms with Gasteiger partial charge in [0.15, 0.2) is 0 Å². The molecule has 1 aromatic heterocycles. The molecule has 0 bridgehead atoms. The van der Waals surface area contributed by atoms with Crippen molar-refractivity contribution < 1.29 is 23.5 Å². The second kappa shape index (κ2) is 7.06. The number of hydrogen-bond acceptors (Lipinski definition) is 5. The number of ether oxygens (including phenoxy) is 2. The lowest BCUT2D eigenvalue weighted by atomic mass is 9.99. The fraction of sp³-hybridized carbons (Fsp3) is 0.647. The zero-order valence-corrected chi connectivity index (χ0v) is 14.3. The third kappa shape index (κ3) is 4.74. The van der Waals surface area contributed by atoms with Gasteiger partial charge in [-0.3, -0.25) is 0 Å². The molecule has 0 aromatic carbocycles. The molecule has 128 valence electrons. The van der Waals surface area contributed by atoms with Gasteiger partial charge in [0.1, 0.15) is 11.4 Å². The second-order valence-corrected chi connectivity index (χ2v) is 6.79. The van der Waals surface area contributed by atoms with Gasteiger partial charge in [-0.25, -0.2) is 9.59 Å². The van der Waals surface area contributed by atoms with E-state index < -0.39 is 11.6 Å². The Morgan fingerprint density at radius 2 is 2.04 bits per heavy atom. The Bertz CT molecular complexity index is 558. The quantitative estimate of drug-likeness (QED) is 0.797. The summed E-state index contributed by atoms with van der Waals surface area (Å²) in [4.78, 5) is 25.6. The van der Waals surface area contributed by atoms with Gasteiger partial charge in [0.25, 0.3) is 0 Å². The molecule has 0 spiro atoms. The molecule has 1 saturated heterocycles. The van der Waals surface area contributed by atoms with Gasteiger partial charge in [-0.05, 0) is 52.2 Å². The molecule has 6 nitrogen and oxygen atoms in total. The third-order valence-electron chi connectivity index (χ3n) is 3.74. The Morgan fingerprint density at radius 1 is 1.30 bits per heavy atom.